The van der Waals surface area contributed by atoms with Crippen LogP contribution < -0.4 is 10.1 Å². The quantitative estimate of drug-likeness (QED) is 0.877. The van der Waals surface area contributed by atoms with Crippen LogP contribution >= 0.6 is 0 Å². The van der Waals surface area contributed by atoms with Crippen molar-refractivity contribution in [2.45, 2.75) is 20.4 Å². The van der Waals surface area contributed by atoms with Crippen LogP contribution in [-0.4, -0.2) is 16.7 Å². The van der Waals surface area contributed by atoms with Gasteiger partial charge < -0.3 is 10.1 Å². The lowest BCUT2D eigenvalue weighted by molar-refractivity contribution is 0.453. The van der Waals surface area contributed by atoms with Gasteiger partial charge in [0.15, 0.2) is 0 Å². The average molecular weight is 243 g/mol. The van der Waals surface area contributed by atoms with Gasteiger partial charge in [0.25, 0.3) is 0 Å². The van der Waals surface area contributed by atoms with Gasteiger partial charge in [0.2, 0.25) is 5.88 Å². The van der Waals surface area contributed by atoms with Crippen molar-refractivity contribution in [2.24, 2.45) is 0 Å². The Kier molecular flexibility index (Phi) is 4.25. The summed E-state index contributed by atoms with van der Waals surface area (Å²) in [4.78, 5) is 0. The first-order chi connectivity index (χ1) is 8.78. The van der Waals surface area contributed by atoms with Crippen LogP contribution in [0.3, 0.4) is 0 Å². The van der Waals surface area contributed by atoms with Crippen molar-refractivity contribution in [3.05, 3.63) is 47.7 Å². The van der Waals surface area contributed by atoms with Crippen LogP contribution in [-0.2, 0) is 6.54 Å². The second-order valence-corrected chi connectivity index (χ2v) is 4.06. The minimum Gasteiger partial charge on any atom is -0.438 e. The molecule has 4 heteroatoms. The van der Waals surface area contributed by atoms with Crippen molar-refractivity contribution < 1.29 is 4.74 Å². The van der Waals surface area contributed by atoms with E-state index in [9.17, 15) is 0 Å². The van der Waals surface area contributed by atoms with Crippen LogP contribution in [0.5, 0.6) is 11.6 Å². The molecule has 0 spiro atoms. The maximum Gasteiger partial charge on any atom is 0.238 e. The molecular formula is C14H17N3O. The molecule has 94 valence electrons. The molecule has 2 aromatic rings. The molecule has 0 saturated heterocycles. The Bertz CT molecular complexity index is 497. The van der Waals surface area contributed by atoms with E-state index in [1.807, 2.05) is 43.3 Å². The summed E-state index contributed by atoms with van der Waals surface area (Å²) < 4.78 is 5.62. The first kappa shape index (κ1) is 12.5. The number of aromatic nitrogens is 2. The fraction of sp³-hybridized carbons (Fsp3) is 0.286. The number of rotatable bonds is 5. The van der Waals surface area contributed by atoms with Crippen LogP contribution in [0.4, 0.5) is 0 Å². The number of aryl methyl sites for hydroxylation is 1. The smallest absolute Gasteiger partial charge is 0.238 e. The monoisotopic (exact) mass is 243 g/mol. The Labute approximate surface area is 107 Å². The average Bonchev–Trinajstić information content (AvgIpc) is 2.38. The zero-order valence-corrected chi connectivity index (χ0v) is 10.7. The lowest BCUT2D eigenvalue weighted by Crippen LogP contribution is -2.13. The van der Waals surface area contributed by atoms with Crippen LogP contribution in [0.25, 0.3) is 0 Å². The normalized spacial score (nSPS) is 10.3. The van der Waals surface area contributed by atoms with E-state index in [1.165, 1.54) is 0 Å². The van der Waals surface area contributed by atoms with Gasteiger partial charge in [-0.1, -0.05) is 19.1 Å². The third-order valence-electron chi connectivity index (χ3n) is 2.46. The van der Waals surface area contributed by atoms with Crippen LogP contribution in [0, 0.1) is 6.92 Å². The van der Waals surface area contributed by atoms with E-state index in [0.717, 1.165) is 30.1 Å². The van der Waals surface area contributed by atoms with Crippen molar-refractivity contribution in [3.63, 3.8) is 0 Å². The molecule has 0 aliphatic heterocycles. The third-order valence-corrected chi connectivity index (χ3v) is 2.46. The predicted molar refractivity (Wildman–Crippen MR) is 70.7 cm³/mol. The standard InChI is InChI=1S/C14H17N3O/c1-3-15-10-12-7-8-14(17-16-12)18-13-6-4-5-11(2)9-13/h4-9,15H,3,10H2,1-2H3. The molecule has 1 N–H and O–H groups in total. The highest BCUT2D eigenvalue weighted by atomic mass is 16.5. The fourth-order valence-corrected chi connectivity index (χ4v) is 1.55. The minimum atomic E-state index is 0.515. The van der Waals surface area contributed by atoms with Gasteiger partial charge in [0.05, 0.1) is 5.69 Å². The molecule has 0 amide bonds. The Hall–Kier alpha value is -1.94. The number of hydrogen-bond donors (Lipinski definition) is 1. The summed E-state index contributed by atoms with van der Waals surface area (Å²) >= 11 is 0. The zero-order valence-electron chi connectivity index (χ0n) is 10.7. The second-order valence-electron chi connectivity index (χ2n) is 4.06. The van der Waals surface area contributed by atoms with Gasteiger partial charge in [0, 0.05) is 12.6 Å². The summed E-state index contributed by atoms with van der Waals surface area (Å²) in [6.07, 6.45) is 0. The highest BCUT2D eigenvalue weighted by Gasteiger charge is 2.00. The Balaban J connectivity index is 2.02. The minimum absolute atomic E-state index is 0.515. The number of nitrogens with zero attached hydrogens (tertiary/aromatic N) is 2. The van der Waals surface area contributed by atoms with E-state index in [-0.39, 0.29) is 0 Å². The molecule has 0 atom stereocenters. The van der Waals surface area contributed by atoms with Crippen molar-refractivity contribution in [2.75, 3.05) is 6.54 Å². The van der Waals surface area contributed by atoms with E-state index in [4.69, 9.17) is 4.74 Å². The van der Waals surface area contributed by atoms with Crippen molar-refractivity contribution in [1.29, 1.82) is 0 Å². The first-order valence-corrected chi connectivity index (χ1v) is 6.06. The SMILES string of the molecule is CCNCc1ccc(Oc2cccc(C)c2)nn1. The van der Waals surface area contributed by atoms with Crippen LogP contribution in [0.1, 0.15) is 18.2 Å². The van der Waals surface area contributed by atoms with E-state index >= 15 is 0 Å². The van der Waals surface area contributed by atoms with Gasteiger partial charge in [-0.25, -0.2) is 0 Å². The largest absolute Gasteiger partial charge is 0.438 e. The van der Waals surface area contributed by atoms with Crippen LogP contribution in [0.15, 0.2) is 36.4 Å². The first-order valence-electron chi connectivity index (χ1n) is 6.06. The Morgan fingerprint density at radius 2 is 2.06 bits per heavy atom. The summed E-state index contributed by atoms with van der Waals surface area (Å²) in [5, 5.41) is 11.3. The number of benzene rings is 1. The van der Waals surface area contributed by atoms with Crippen LogP contribution in [0.2, 0.25) is 0 Å². The molecule has 0 aliphatic carbocycles. The molecule has 0 unspecified atom stereocenters. The maximum atomic E-state index is 5.62. The summed E-state index contributed by atoms with van der Waals surface area (Å²) in [6, 6.07) is 11.6. The fourth-order valence-electron chi connectivity index (χ4n) is 1.55. The Morgan fingerprint density at radius 3 is 2.72 bits per heavy atom. The molecule has 0 aliphatic rings. The van der Waals surface area contributed by atoms with E-state index in [1.54, 1.807) is 0 Å². The summed E-state index contributed by atoms with van der Waals surface area (Å²) in [7, 11) is 0. The second kappa shape index (κ2) is 6.12. The van der Waals surface area contributed by atoms with Gasteiger partial charge in [0.1, 0.15) is 5.75 Å². The molecule has 1 aromatic heterocycles. The summed E-state index contributed by atoms with van der Waals surface area (Å²) in [5.41, 5.74) is 2.07. The van der Waals surface area contributed by atoms with Gasteiger partial charge in [-0.3, -0.25) is 0 Å². The molecule has 0 fully saturated rings. The molecule has 1 heterocycles. The lowest BCUT2D eigenvalue weighted by atomic mass is 10.2. The van der Waals surface area contributed by atoms with E-state index < -0.39 is 0 Å². The van der Waals surface area contributed by atoms with E-state index in [2.05, 4.69) is 22.4 Å². The molecule has 4 nitrogen and oxygen atoms in total. The van der Waals surface area contributed by atoms with Gasteiger partial charge >= 0.3 is 0 Å². The molecule has 18 heavy (non-hydrogen) atoms. The number of nitrogens with one attached hydrogen (secondary N) is 1. The van der Waals surface area contributed by atoms with Crippen molar-refractivity contribution in [1.82, 2.24) is 15.5 Å². The predicted octanol–water partition coefficient (Wildman–Crippen LogP) is 2.69. The third kappa shape index (κ3) is 3.53. The molecular weight excluding hydrogens is 226 g/mol. The van der Waals surface area contributed by atoms with Gasteiger partial charge in [-0.15, -0.1) is 5.10 Å². The van der Waals surface area contributed by atoms with Crippen molar-refractivity contribution in [3.8, 4) is 11.6 Å². The van der Waals surface area contributed by atoms with Gasteiger partial charge in [-0.2, -0.15) is 5.10 Å². The number of hydrogen-bond acceptors (Lipinski definition) is 4. The van der Waals surface area contributed by atoms with Gasteiger partial charge in [-0.05, 0) is 37.2 Å². The lowest BCUT2D eigenvalue weighted by Gasteiger charge is -2.05. The topological polar surface area (TPSA) is 47.0 Å². The Morgan fingerprint density at radius 1 is 1.17 bits per heavy atom. The summed E-state index contributed by atoms with van der Waals surface area (Å²) in [6.45, 7) is 5.73. The zero-order chi connectivity index (χ0) is 12.8. The molecule has 0 radical (unpaired) electrons. The highest BCUT2D eigenvalue weighted by molar-refractivity contribution is 5.30. The number of ether oxygens (including phenoxy) is 1. The highest BCUT2D eigenvalue weighted by Crippen LogP contribution is 2.19. The molecule has 0 saturated carbocycles. The molecule has 1 aromatic carbocycles. The van der Waals surface area contributed by atoms with E-state index in [0.29, 0.717) is 5.88 Å². The molecule has 0 bridgehead atoms. The maximum absolute atomic E-state index is 5.62. The molecule has 2 rings (SSSR count). The summed E-state index contributed by atoms with van der Waals surface area (Å²) in [5.74, 6) is 1.30. The van der Waals surface area contributed by atoms with Crippen molar-refractivity contribution >= 4 is 0 Å².